The number of halogens is 2. The third-order valence-corrected chi connectivity index (χ3v) is 7.03. The molecule has 0 aliphatic carbocycles. The van der Waals surface area contributed by atoms with Crippen molar-refractivity contribution in [1.82, 2.24) is 10.4 Å². The normalized spacial score (nSPS) is 14.4. The fourth-order valence-electron chi connectivity index (χ4n) is 3.20. The van der Waals surface area contributed by atoms with Crippen molar-refractivity contribution >= 4 is 68.8 Å². The van der Waals surface area contributed by atoms with E-state index in [1.807, 2.05) is 6.07 Å². The van der Waals surface area contributed by atoms with Crippen LogP contribution in [-0.2, 0) is 11.4 Å². The summed E-state index contributed by atoms with van der Waals surface area (Å²) in [4.78, 5) is 25.7. The first-order valence-electron chi connectivity index (χ1n) is 10.2. The average Bonchev–Trinajstić information content (AvgIpc) is 3.11. The number of hydrogen-bond acceptors (Lipinski definition) is 6. The molecule has 1 N–H and O–H groups in total. The number of amides is 2. The summed E-state index contributed by atoms with van der Waals surface area (Å²) in [6.07, 6.45) is 1.67. The molecule has 2 amide bonds. The number of methoxy groups -OCH3 is 1. The summed E-state index contributed by atoms with van der Waals surface area (Å²) in [6.45, 7) is 0.0398. The Bertz CT molecular complexity index is 1330. The first-order chi connectivity index (χ1) is 16.9. The predicted molar refractivity (Wildman–Crippen MR) is 145 cm³/mol. The topological polar surface area (TPSA) is 67.9 Å². The van der Waals surface area contributed by atoms with Gasteiger partial charge >= 0.3 is 0 Å². The minimum absolute atomic E-state index is 0.0398. The molecule has 3 aromatic carbocycles. The van der Waals surface area contributed by atoms with E-state index in [1.165, 1.54) is 13.2 Å². The van der Waals surface area contributed by atoms with Gasteiger partial charge in [0, 0.05) is 11.1 Å². The molecule has 0 bridgehead atoms. The van der Waals surface area contributed by atoms with Gasteiger partial charge in [0.2, 0.25) is 0 Å². The predicted octanol–water partition coefficient (Wildman–Crippen LogP) is 5.56. The largest absolute Gasteiger partial charge is 0.493 e. The number of carbonyl (C=O) groups is 2. The van der Waals surface area contributed by atoms with Crippen LogP contribution in [0.25, 0.3) is 6.08 Å². The van der Waals surface area contributed by atoms with Crippen molar-refractivity contribution in [3.8, 4) is 11.5 Å². The van der Waals surface area contributed by atoms with Crippen LogP contribution < -0.4 is 14.9 Å². The van der Waals surface area contributed by atoms with E-state index in [0.717, 1.165) is 20.3 Å². The highest BCUT2D eigenvalue weighted by Gasteiger charge is 2.34. The Hall–Kier alpha value is -2.96. The minimum Gasteiger partial charge on any atom is -0.493 e. The molecule has 1 fully saturated rings. The van der Waals surface area contributed by atoms with Crippen LogP contribution in [0.15, 0.2) is 71.6 Å². The molecule has 0 aromatic heterocycles. The second-order valence-corrected chi connectivity index (χ2v) is 10.1. The lowest BCUT2D eigenvalue weighted by Crippen LogP contribution is -2.44. The number of rotatable bonds is 7. The smallest absolute Gasteiger partial charge is 0.285 e. The number of nitrogens with one attached hydrogen (secondary N) is 1. The fourth-order valence-corrected chi connectivity index (χ4v) is 5.16. The van der Waals surface area contributed by atoms with Gasteiger partial charge in [-0.1, -0.05) is 48.2 Å². The molecule has 0 radical (unpaired) electrons. The van der Waals surface area contributed by atoms with Crippen LogP contribution in [0.1, 0.15) is 21.5 Å². The minimum atomic E-state index is -0.435. The molecule has 1 aliphatic heterocycles. The Morgan fingerprint density at radius 1 is 1.17 bits per heavy atom. The zero-order valence-corrected chi connectivity index (χ0v) is 22.1. The van der Waals surface area contributed by atoms with Gasteiger partial charge < -0.3 is 9.47 Å². The summed E-state index contributed by atoms with van der Waals surface area (Å²) in [5, 5.41) is 1.06. The van der Waals surface area contributed by atoms with Crippen LogP contribution in [-0.4, -0.2) is 28.3 Å². The van der Waals surface area contributed by atoms with Crippen LogP contribution in [0.5, 0.6) is 11.5 Å². The quantitative estimate of drug-likeness (QED) is 0.212. The van der Waals surface area contributed by atoms with Crippen molar-refractivity contribution in [2.75, 3.05) is 7.11 Å². The van der Waals surface area contributed by atoms with E-state index in [0.29, 0.717) is 33.1 Å². The van der Waals surface area contributed by atoms with Crippen molar-refractivity contribution in [3.05, 3.63) is 97.7 Å². The van der Waals surface area contributed by atoms with Gasteiger partial charge in [0.1, 0.15) is 12.4 Å². The number of thioether (sulfide) groups is 1. The maximum Gasteiger partial charge on any atom is 0.285 e. The molecule has 0 saturated carbocycles. The standard InChI is InChI=1S/C25H18FIN2O4S2/c1-32-20-12-15(11-19(27)22(20)33-14-17-9-5-6-10-18(17)26)13-21-24(31)29(25(34)35-21)28-23(30)16-7-3-2-4-8-16/h2-13H,14H2,1H3,(H,28,30)/b21-13-. The molecule has 1 heterocycles. The maximum atomic E-state index is 13.9. The Morgan fingerprint density at radius 2 is 1.89 bits per heavy atom. The summed E-state index contributed by atoms with van der Waals surface area (Å²) < 4.78 is 26.2. The van der Waals surface area contributed by atoms with E-state index in [1.54, 1.807) is 60.7 Å². The van der Waals surface area contributed by atoms with E-state index in [9.17, 15) is 14.0 Å². The van der Waals surface area contributed by atoms with Crippen molar-refractivity contribution in [2.24, 2.45) is 0 Å². The fraction of sp³-hybridized carbons (Fsp3) is 0.0800. The lowest BCUT2D eigenvalue weighted by atomic mass is 10.1. The van der Waals surface area contributed by atoms with Gasteiger partial charge in [0.05, 0.1) is 15.6 Å². The highest BCUT2D eigenvalue weighted by molar-refractivity contribution is 14.1. The zero-order valence-electron chi connectivity index (χ0n) is 18.3. The Balaban J connectivity index is 1.52. The molecular formula is C25H18FIN2O4S2. The summed E-state index contributed by atoms with van der Waals surface area (Å²) >= 11 is 8.48. The molecule has 0 spiro atoms. The molecule has 178 valence electrons. The Morgan fingerprint density at radius 3 is 2.60 bits per heavy atom. The van der Waals surface area contributed by atoms with Gasteiger partial charge in [0.25, 0.3) is 11.8 Å². The monoisotopic (exact) mass is 620 g/mol. The lowest BCUT2D eigenvalue weighted by molar-refractivity contribution is -0.123. The molecule has 1 saturated heterocycles. The van der Waals surface area contributed by atoms with Crippen molar-refractivity contribution in [3.63, 3.8) is 0 Å². The number of hydrogen-bond donors (Lipinski definition) is 1. The number of ether oxygens (including phenoxy) is 2. The second kappa shape index (κ2) is 11.2. The second-order valence-electron chi connectivity index (χ2n) is 7.24. The van der Waals surface area contributed by atoms with E-state index in [-0.39, 0.29) is 16.7 Å². The van der Waals surface area contributed by atoms with E-state index >= 15 is 0 Å². The highest BCUT2D eigenvalue weighted by atomic mass is 127. The van der Waals surface area contributed by atoms with Gasteiger partial charge in [-0.05, 0) is 76.8 Å². The number of carbonyl (C=O) groups excluding carboxylic acids is 2. The van der Waals surface area contributed by atoms with Gasteiger partial charge in [-0.2, -0.15) is 5.01 Å². The average molecular weight is 620 g/mol. The molecule has 35 heavy (non-hydrogen) atoms. The van der Waals surface area contributed by atoms with Crippen LogP contribution in [0, 0.1) is 9.39 Å². The number of nitrogens with zero attached hydrogens (tertiary/aromatic N) is 1. The molecule has 0 atom stereocenters. The van der Waals surface area contributed by atoms with Crippen molar-refractivity contribution < 1.29 is 23.5 Å². The molecule has 3 aromatic rings. The lowest BCUT2D eigenvalue weighted by Gasteiger charge is -2.15. The van der Waals surface area contributed by atoms with Gasteiger partial charge in [-0.15, -0.1) is 0 Å². The van der Waals surface area contributed by atoms with E-state index < -0.39 is 11.8 Å². The molecule has 6 nitrogen and oxygen atoms in total. The first-order valence-corrected chi connectivity index (χ1v) is 12.6. The first kappa shape index (κ1) is 25.1. The number of benzene rings is 3. The van der Waals surface area contributed by atoms with E-state index in [4.69, 9.17) is 21.7 Å². The zero-order chi connectivity index (χ0) is 24.9. The summed E-state index contributed by atoms with van der Waals surface area (Å²) in [6, 6.07) is 18.5. The molecule has 4 rings (SSSR count). The maximum absolute atomic E-state index is 13.9. The van der Waals surface area contributed by atoms with Gasteiger partial charge in [-0.25, -0.2) is 4.39 Å². The Kier molecular flexibility index (Phi) is 8.04. The van der Waals surface area contributed by atoms with Crippen molar-refractivity contribution in [1.29, 1.82) is 0 Å². The number of thiocarbonyl (C=S) groups is 1. The van der Waals surface area contributed by atoms with Crippen LogP contribution >= 0.6 is 46.6 Å². The van der Waals surface area contributed by atoms with E-state index in [2.05, 4.69) is 28.0 Å². The van der Waals surface area contributed by atoms with Crippen LogP contribution in [0.3, 0.4) is 0 Å². The van der Waals surface area contributed by atoms with Gasteiger partial charge in [-0.3, -0.25) is 15.0 Å². The molecule has 10 heteroatoms. The summed E-state index contributed by atoms with van der Waals surface area (Å²) in [5.41, 5.74) is 4.07. The highest BCUT2D eigenvalue weighted by Crippen LogP contribution is 2.37. The molecule has 1 aliphatic rings. The third kappa shape index (κ3) is 5.82. The SMILES string of the molecule is COc1cc(/C=C2\SC(=S)N(NC(=O)c3ccccc3)C2=O)cc(I)c1OCc1ccccc1F. The van der Waals surface area contributed by atoms with Crippen molar-refractivity contribution in [2.45, 2.75) is 6.61 Å². The molecular weight excluding hydrogens is 602 g/mol. The summed E-state index contributed by atoms with van der Waals surface area (Å²) in [7, 11) is 1.50. The van der Waals surface area contributed by atoms with Crippen LogP contribution in [0.4, 0.5) is 4.39 Å². The number of hydrazine groups is 1. The van der Waals surface area contributed by atoms with Gasteiger partial charge in [0.15, 0.2) is 15.8 Å². The summed E-state index contributed by atoms with van der Waals surface area (Å²) in [5.74, 6) is -0.308. The Labute approximate surface area is 224 Å². The molecule has 0 unspecified atom stereocenters. The third-order valence-electron chi connectivity index (χ3n) is 4.92. The van der Waals surface area contributed by atoms with Crippen LogP contribution in [0.2, 0.25) is 0 Å².